The van der Waals surface area contributed by atoms with Gasteiger partial charge in [0.25, 0.3) is 0 Å². The minimum Gasteiger partial charge on any atom is -0.0590 e. The monoisotopic (exact) mass is 147 g/mol. The van der Waals surface area contributed by atoms with Gasteiger partial charge in [0.15, 0.2) is 0 Å². The van der Waals surface area contributed by atoms with Crippen LogP contribution in [0.5, 0.6) is 0 Å². The van der Waals surface area contributed by atoms with Crippen LogP contribution in [0, 0.1) is 20.8 Å². The zero-order valence-corrected chi connectivity index (χ0v) is 7.52. The first-order chi connectivity index (χ1) is 5.11. The van der Waals surface area contributed by atoms with Gasteiger partial charge in [-0.1, -0.05) is 30.7 Å². The van der Waals surface area contributed by atoms with E-state index in [-0.39, 0.29) is 0 Å². The number of hydrogen-bond acceptors (Lipinski definition) is 0. The largest absolute Gasteiger partial charge is 0.0590 e. The van der Waals surface area contributed by atoms with Crippen LogP contribution in [0.25, 0.3) is 0 Å². The van der Waals surface area contributed by atoms with Gasteiger partial charge in [-0.2, -0.15) is 0 Å². The van der Waals surface area contributed by atoms with Gasteiger partial charge in [0, 0.05) is 0 Å². The highest BCUT2D eigenvalue weighted by Crippen LogP contribution is 2.19. The molecule has 1 aromatic rings. The van der Waals surface area contributed by atoms with E-state index in [1.807, 2.05) is 0 Å². The van der Waals surface area contributed by atoms with Crippen molar-refractivity contribution in [3.8, 4) is 0 Å². The maximum Gasteiger partial charge on any atom is -0.0187 e. The Morgan fingerprint density at radius 1 is 1.27 bits per heavy atom. The summed E-state index contributed by atoms with van der Waals surface area (Å²) in [6.45, 7) is 10.4. The molecule has 1 aromatic carbocycles. The van der Waals surface area contributed by atoms with Gasteiger partial charge >= 0.3 is 0 Å². The summed E-state index contributed by atoms with van der Waals surface area (Å²) < 4.78 is 0. The van der Waals surface area contributed by atoms with Gasteiger partial charge in [-0.25, -0.2) is 0 Å². The van der Waals surface area contributed by atoms with E-state index in [4.69, 9.17) is 0 Å². The molecule has 0 spiro atoms. The van der Waals surface area contributed by atoms with E-state index in [9.17, 15) is 0 Å². The fraction of sp³-hybridized carbons (Fsp3) is 0.364. The predicted molar refractivity (Wildman–Crippen MR) is 49.7 cm³/mol. The third kappa shape index (κ3) is 1.83. The molecule has 0 N–H and O–H groups in total. The molecular formula is C11H15. The van der Waals surface area contributed by atoms with Crippen molar-refractivity contribution >= 4 is 0 Å². The van der Waals surface area contributed by atoms with Gasteiger partial charge in [-0.15, -0.1) is 0 Å². The average Bonchev–Trinajstić information content (AvgIpc) is 1.94. The van der Waals surface area contributed by atoms with Crippen LogP contribution in [-0.2, 0) is 0 Å². The molecule has 0 aromatic heterocycles. The summed E-state index contributed by atoms with van der Waals surface area (Å²) in [4.78, 5) is 0. The summed E-state index contributed by atoms with van der Waals surface area (Å²) in [5, 5.41) is 0. The van der Waals surface area contributed by atoms with Crippen LogP contribution < -0.4 is 0 Å². The second kappa shape index (κ2) is 3.08. The zero-order chi connectivity index (χ0) is 8.43. The molecule has 0 amide bonds. The first-order valence-corrected chi connectivity index (χ1v) is 4.01. The van der Waals surface area contributed by atoms with Crippen LogP contribution in [0.15, 0.2) is 18.2 Å². The van der Waals surface area contributed by atoms with E-state index in [1.54, 1.807) is 0 Å². The Labute approximate surface area is 69.3 Å². The molecule has 1 unspecified atom stereocenters. The zero-order valence-electron chi connectivity index (χ0n) is 7.52. The standard InChI is InChI=1S/C11H15/c1-8(2)11-7-9(3)5-6-10(11)4/h5-8H,1H2,2-4H3. The predicted octanol–water partition coefficient (Wildman–Crippen LogP) is 3.24. The van der Waals surface area contributed by atoms with Crippen LogP contribution in [0.3, 0.4) is 0 Å². The third-order valence-corrected chi connectivity index (χ3v) is 1.97. The van der Waals surface area contributed by atoms with E-state index >= 15 is 0 Å². The molecule has 0 nitrogen and oxygen atoms in total. The number of benzene rings is 1. The normalized spacial score (nSPS) is 10.6. The van der Waals surface area contributed by atoms with Gasteiger partial charge in [0.2, 0.25) is 0 Å². The molecule has 0 fully saturated rings. The average molecular weight is 147 g/mol. The molecule has 0 bridgehead atoms. The summed E-state index contributed by atoms with van der Waals surface area (Å²) in [6.07, 6.45) is 0. The quantitative estimate of drug-likeness (QED) is 0.572. The van der Waals surface area contributed by atoms with E-state index < -0.39 is 0 Å². The van der Waals surface area contributed by atoms with E-state index in [2.05, 4.69) is 45.9 Å². The second-order valence-electron chi connectivity index (χ2n) is 3.26. The van der Waals surface area contributed by atoms with Gasteiger partial charge in [0.05, 0.1) is 0 Å². The Morgan fingerprint density at radius 3 is 2.36 bits per heavy atom. The number of hydrogen-bond donors (Lipinski definition) is 0. The molecule has 0 heteroatoms. The Morgan fingerprint density at radius 2 is 1.91 bits per heavy atom. The first-order valence-electron chi connectivity index (χ1n) is 4.01. The molecule has 0 aliphatic carbocycles. The minimum absolute atomic E-state index is 0.398. The Bertz CT molecular complexity index is 246. The van der Waals surface area contributed by atoms with Crippen molar-refractivity contribution in [3.05, 3.63) is 41.8 Å². The van der Waals surface area contributed by atoms with Crippen molar-refractivity contribution in [2.45, 2.75) is 26.7 Å². The van der Waals surface area contributed by atoms with Crippen molar-refractivity contribution in [3.63, 3.8) is 0 Å². The highest BCUT2D eigenvalue weighted by atomic mass is 14.1. The smallest absolute Gasteiger partial charge is 0.0187 e. The van der Waals surface area contributed by atoms with E-state index in [0.717, 1.165) is 0 Å². The van der Waals surface area contributed by atoms with E-state index in [0.29, 0.717) is 5.92 Å². The fourth-order valence-electron chi connectivity index (χ4n) is 1.29. The van der Waals surface area contributed by atoms with Crippen LogP contribution in [-0.4, -0.2) is 0 Å². The van der Waals surface area contributed by atoms with Gasteiger partial charge in [-0.05, 0) is 37.8 Å². The lowest BCUT2D eigenvalue weighted by atomic mass is 9.96. The van der Waals surface area contributed by atoms with Crippen molar-refractivity contribution in [2.24, 2.45) is 0 Å². The highest BCUT2D eigenvalue weighted by Gasteiger charge is 2.01. The van der Waals surface area contributed by atoms with Gasteiger partial charge in [0.1, 0.15) is 0 Å². The second-order valence-corrected chi connectivity index (χ2v) is 3.26. The lowest BCUT2D eigenvalue weighted by molar-refractivity contribution is 0.946. The molecule has 0 aliphatic rings. The van der Waals surface area contributed by atoms with Crippen molar-refractivity contribution in [1.82, 2.24) is 0 Å². The summed E-state index contributed by atoms with van der Waals surface area (Å²) >= 11 is 0. The Kier molecular flexibility index (Phi) is 2.33. The third-order valence-electron chi connectivity index (χ3n) is 1.97. The molecule has 0 saturated carbocycles. The van der Waals surface area contributed by atoms with Gasteiger partial charge in [-0.3, -0.25) is 0 Å². The highest BCUT2D eigenvalue weighted by molar-refractivity contribution is 5.33. The molecular weight excluding hydrogens is 132 g/mol. The topological polar surface area (TPSA) is 0 Å². The molecule has 11 heavy (non-hydrogen) atoms. The lowest BCUT2D eigenvalue weighted by Crippen LogP contribution is -1.92. The van der Waals surface area contributed by atoms with Crippen LogP contribution >= 0.6 is 0 Å². The molecule has 0 heterocycles. The van der Waals surface area contributed by atoms with E-state index in [1.165, 1.54) is 16.7 Å². The molecule has 59 valence electrons. The minimum atomic E-state index is 0.398. The Hall–Kier alpha value is -0.780. The maximum absolute atomic E-state index is 4.01. The molecule has 0 aliphatic heterocycles. The molecule has 1 rings (SSSR count). The number of rotatable bonds is 1. The Balaban J connectivity index is 3.13. The summed E-state index contributed by atoms with van der Waals surface area (Å²) in [5.74, 6) is 0.398. The molecule has 0 saturated heterocycles. The number of aryl methyl sites for hydroxylation is 2. The SMILES string of the molecule is [CH2]C(C)c1cc(C)ccc1C. The fourth-order valence-corrected chi connectivity index (χ4v) is 1.29. The summed E-state index contributed by atoms with van der Waals surface area (Å²) in [5.41, 5.74) is 4.03. The van der Waals surface area contributed by atoms with Crippen molar-refractivity contribution in [1.29, 1.82) is 0 Å². The first kappa shape index (κ1) is 8.32. The van der Waals surface area contributed by atoms with Crippen LogP contribution in [0.1, 0.15) is 29.5 Å². The summed E-state index contributed by atoms with van der Waals surface area (Å²) in [6, 6.07) is 6.51. The van der Waals surface area contributed by atoms with Crippen molar-refractivity contribution < 1.29 is 0 Å². The van der Waals surface area contributed by atoms with Gasteiger partial charge < -0.3 is 0 Å². The van der Waals surface area contributed by atoms with Crippen LogP contribution in [0.2, 0.25) is 0 Å². The lowest BCUT2D eigenvalue weighted by Gasteiger charge is -2.09. The molecule has 1 atom stereocenters. The maximum atomic E-state index is 4.01. The van der Waals surface area contributed by atoms with Crippen LogP contribution in [0.4, 0.5) is 0 Å². The molecule has 1 radical (unpaired) electrons. The van der Waals surface area contributed by atoms with Crippen molar-refractivity contribution in [2.75, 3.05) is 0 Å². The summed E-state index contributed by atoms with van der Waals surface area (Å²) in [7, 11) is 0.